The minimum absolute atomic E-state index is 0.0937. The van der Waals surface area contributed by atoms with E-state index in [9.17, 15) is 14.0 Å². The van der Waals surface area contributed by atoms with Crippen LogP contribution in [0.15, 0.2) is 97.0 Å². The van der Waals surface area contributed by atoms with Crippen LogP contribution in [-0.4, -0.2) is 38.4 Å². The van der Waals surface area contributed by atoms with Gasteiger partial charge in [-0.3, -0.25) is 9.59 Å². The molecule has 0 spiro atoms. The van der Waals surface area contributed by atoms with Crippen LogP contribution in [0.5, 0.6) is 11.5 Å². The largest absolute Gasteiger partial charge is 0.452 e. The maximum atomic E-state index is 15.2. The number of amides is 2. The van der Waals surface area contributed by atoms with Crippen molar-refractivity contribution in [3.05, 3.63) is 109 Å². The number of nitrogens with zero attached hydrogens (tertiary/aromatic N) is 4. The van der Waals surface area contributed by atoms with E-state index in [2.05, 4.69) is 31.0 Å². The van der Waals surface area contributed by atoms with E-state index in [1.165, 1.54) is 48.9 Å². The lowest BCUT2D eigenvalue weighted by molar-refractivity contribution is -0.118. The van der Waals surface area contributed by atoms with Crippen LogP contribution in [0.2, 0.25) is 0 Å². The molecule has 41 heavy (non-hydrogen) atoms. The molecular formula is C29H23F2N7O3. The number of benzene rings is 2. The van der Waals surface area contributed by atoms with Crippen molar-refractivity contribution in [1.82, 2.24) is 24.9 Å². The summed E-state index contributed by atoms with van der Waals surface area (Å²) < 4.78 is 35.9. The summed E-state index contributed by atoms with van der Waals surface area (Å²) in [5.74, 6) is -2.47. The Kier molecular flexibility index (Phi) is 7.63. The van der Waals surface area contributed by atoms with Gasteiger partial charge in [0.15, 0.2) is 17.3 Å². The van der Waals surface area contributed by atoms with Gasteiger partial charge < -0.3 is 20.7 Å². The molecule has 3 heterocycles. The fourth-order valence-electron chi connectivity index (χ4n) is 4.04. The summed E-state index contributed by atoms with van der Waals surface area (Å²) >= 11 is 0. The van der Waals surface area contributed by atoms with Gasteiger partial charge in [0.1, 0.15) is 23.2 Å². The average Bonchev–Trinajstić information content (AvgIpc) is 3.41. The Bertz CT molecular complexity index is 1770. The van der Waals surface area contributed by atoms with E-state index in [4.69, 9.17) is 4.74 Å². The van der Waals surface area contributed by atoms with Crippen molar-refractivity contribution < 1.29 is 23.1 Å². The first kappa shape index (κ1) is 26.9. The Morgan fingerprint density at radius 2 is 1.56 bits per heavy atom. The second-order valence-corrected chi connectivity index (χ2v) is 8.76. The molecule has 0 saturated heterocycles. The van der Waals surface area contributed by atoms with E-state index < -0.39 is 23.4 Å². The highest BCUT2D eigenvalue weighted by molar-refractivity contribution is 6.26. The number of anilines is 2. The fraction of sp³-hybridized carbons (Fsp3) is 0.0690. The van der Waals surface area contributed by atoms with E-state index in [0.717, 1.165) is 17.2 Å². The summed E-state index contributed by atoms with van der Waals surface area (Å²) in [5, 5.41) is 12.1. The summed E-state index contributed by atoms with van der Waals surface area (Å²) in [4.78, 5) is 34.1. The van der Waals surface area contributed by atoms with Gasteiger partial charge in [-0.2, -0.15) is 5.10 Å². The van der Waals surface area contributed by atoms with Gasteiger partial charge in [-0.05, 0) is 49.4 Å². The smallest absolute Gasteiger partial charge is 0.263 e. The fourth-order valence-corrected chi connectivity index (χ4v) is 4.04. The third kappa shape index (κ3) is 5.86. The second kappa shape index (κ2) is 11.6. The maximum Gasteiger partial charge on any atom is 0.263 e. The molecule has 2 aromatic carbocycles. The Hall–Kier alpha value is -5.65. The number of fused-ring (bicyclic) bond motifs is 1. The van der Waals surface area contributed by atoms with Crippen LogP contribution in [0.25, 0.3) is 16.6 Å². The number of carbonyl (C=O) groups excluding carboxylic acids is 2. The maximum absolute atomic E-state index is 15.2. The van der Waals surface area contributed by atoms with E-state index in [-0.39, 0.29) is 22.7 Å². The molecule has 0 aliphatic heterocycles. The van der Waals surface area contributed by atoms with Crippen LogP contribution >= 0.6 is 0 Å². The highest BCUT2D eigenvalue weighted by Gasteiger charge is 2.22. The molecule has 0 bridgehead atoms. The van der Waals surface area contributed by atoms with Gasteiger partial charge in [0.25, 0.3) is 11.8 Å². The number of rotatable bonds is 8. The minimum Gasteiger partial charge on any atom is -0.452 e. The van der Waals surface area contributed by atoms with Crippen molar-refractivity contribution in [3.63, 3.8) is 0 Å². The first-order valence-corrected chi connectivity index (χ1v) is 12.3. The molecule has 0 atom stereocenters. The predicted octanol–water partition coefficient (Wildman–Crippen LogP) is 4.93. The topological polar surface area (TPSA) is 123 Å². The van der Waals surface area contributed by atoms with Crippen LogP contribution in [0, 0.1) is 11.6 Å². The van der Waals surface area contributed by atoms with Gasteiger partial charge in [0, 0.05) is 66.0 Å². The minimum atomic E-state index is -0.775. The number of halogens is 2. The summed E-state index contributed by atoms with van der Waals surface area (Å²) in [6, 6.07) is 12.4. The molecule has 0 aliphatic carbocycles. The lowest BCUT2D eigenvalue weighted by atomic mass is 10.1. The summed E-state index contributed by atoms with van der Waals surface area (Å²) in [6.45, 7) is 1.55. The number of nitrogens with one attached hydrogen (secondary N) is 3. The van der Waals surface area contributed by atoms with Crippen molar-refractivity contribution in [2.24, 2.45) is 0 Å². The predicted molar refractivity (Wildman–Crippen MR) is 148 cm³/mol. The van der Waals surface area contributed by atoms with E-state index in [0.29, 0.717) is 17.0 Å². The van der Waals surface area contributed by atoms with Gasteiger partial charge in [-0.25, -0.2) is 23.3 Å². The SMILES string of the molecule is CN/C(C)=C(\C(=O)Nc1ccc(F)cc1)C(=O)Nc1ccc(Oc2ccnn3ccc(-c4cncnc4)c23)c(F)c1. The van der Waals surface area contributed by atoms with E-state index in [1.54, 1.807) is 43.1 Å². The Balaban J connectivity index is 1.36. The van der Waals surface area contributed by atoms with Crippen LogP contribution < -0.4 is 20.7 Å². The number of hydrogen-bond acceptors (Lipinski definition) is 7. The van der Waals surface area contributed by atoms with Gasteiger partial charge >= 0.3 is 0 Å². The third-order valence-corrected chi connectivity index (χ3v) is 6.10. The molecule has 5 aromatic rings. The first-order valence-electron chi connectivity index (χ1n) is 12.3. The van der Waals surface area contributed by atoms with Crippen molar-refractivity contribution in [2.75, 3.05) is 17.7 Å². The molecule has 0 aliphatic rings. The number of allylic oxidation sites excluding steroid dienone is 1. The Labute approximate surface area is 232 Å². The second-order valence-electron chi connectivity index (χ2n) is 8.76. The zero-order valence-electron chi connectivity index (χ0n) is 21.9. The Morgan fingerprint density at radius 3 is 2.24 bits per heavy atom. The zero-order valence-corrected chi connectivity index (χ0v) is 21.9. The van der Waals surface area contributed by atoms with Gasteiger partial charge in [-0.1, -0.05) is 0 Å². The molecule has 12 heteroatoms. The molecule has 3 aromatic heterocycles. The average molecular weight is 556 g/mol. The monoisotopic (exact) mass is 555 g/mol. The lowest BCUT2D eigenvalue weighted by Gasteiger charge is -2.14. The summed E-state index contributed by atoms with van der Waals surface area (Å²) in [7, 11) is 1.55. The lowest BCUT2D eigenvalue weighted by Crippen LogP contribution is -2.29. The summed E-state index contributed by atoms with van der Waals surface area (Å²) in [5.41, 5.74) is 2.50. The molecule has 206 valence electrons. The van der Waals surface area contributed by atoms with Crippen LogP contribution in [0.1, 0.15) is 6.92 Å². The van der Waals surface area contributed by atoms with Crippen molar-refractivity contribution in [2.45, 2.75) is 6.92 Å². The van der Waals surface area contributed by atoms with E-state index >= 15 is 4.39 Å². The highest BCUT2D eigenvalue weighted by atomic mass is 19.1. The molecule has 5 rings (SSSR count). The molecule has 3 N–H and O–H groups in total. The van der Waals surface area contributed by atoms with Crippen LogP contribution in [0.3, 0.4) is 0 Å². The van der Waals surface area contributed by atoms with Gasteiger partial charge in [0.2, 0.25) is 0 Å². The third-order valence-electron chi connectivity index (χ3n) is 6.10. The van der Waals surface area contributed by atoms with E-state index in [1.807, 2.05) is 6.07 Å². The van der Waals surface area contributed by atoms with Crippen LogP contribution in [0.4, 0.5) is 20.2 Å². The summed E-state index contributed by atoms with van der Waals surface area (Å²) in [6.07, 6.45) is 7.98. The quantitative estimate of drug-likeness (QED) is 0.141. The molecule has 0 unspecified atom stereocenters. The number of ether oxygens (including phenoxy) is 1. The number of hydrogen-bond donors (Lipinski definition) is 3. The molecule has 2 amide bonds. The number of carbonyl (C=O) groups is 2. The molecule has 10 nitrogen and oxygen atoms in total. The normalized spacial score (nSPS) is 11.5. The number of aromatic nitrogens is 4. The molecule has 0 radical (unpaired) electrons. The zero-order chi connectivity index (χ0) is 28.9. The van der Waals surface area contributed by atoms with Crippen molar-refractivity contribution in [3.8, 4) is 22.6 Å². The van der Waals surface area contributed by atoms with Crippen molar-refractivity contribution in [1.29, 1.82) is 0 Å². The standard InChI is InChI=1S/C29H23F2N7O3/c1-17(32-2)26(28(39)36-20-5-3-19(30)4-6-20)29(40)37-21-7-8-24(23(31)13-21)41-25-9-11-35-38-12-10-22(27(25)38)18-14-33-16-34-15-18/h3-16,32H,1-2H3,(H,36,39)(H,37,40)/b26-17+. The molecule has 0 saturated carbocycles. The van der Waals surface area contributed by atoms with Crippen LogP contribution in [-0.2, 0) is 9.59 Å². The van der Waals surface area contributed by atoms with Gasteiger partial charge in [-0.15, -0.1) is 0 Å². The van der Waals surface area contributed by atoms with Gasteiger partial charge in [0.05, 0.1) is 6.20 Å². The first-order chi connectivity index (χ1) is 19.8. The Morgan fingerprint density at radius 1 is 0.878 bits per heavy atom. The molecule has 0 fully saturated rings. The highest BCUT2D eigenvalue weighted by Crippen LogP contribution is 2.35. The van der Waals surface area contributed by atoms with Crippen molar-refractivity contribution >= 4 is 28.7 Å². The molecular weight excluding hydrogens is 532 g/mol.